The Labute approximate surface area is 128 Å². The Morgan fingerprint density at radius 1 is 1.52 bits per heavy atom. The van der Waals surface area contributed by atoms with E-state index in [1.165, 1.54) is 18.6 Å². The van der Waals surface area contributed by atoms with Crippen LogP contribution in [0.1, 0.15) is 42.4 Å². The van der Waals surface area contributed by atoms with Crippen LogP contribution in [0.3, 0.4) is 0 Å². The van der Waals surface area contributed by atoms with Gasteiger partial charge in [-0.3, -0.25) is 0 Å². The highest BCUT2D eigenvalue weighted by molar-refractivity contribution is 8.00. The van der Waals surface area contributed by atoms with Gasteiger partial charge in [-0.2, -0.15) is 11.8 Å². The number of aromatic nitrogens is 2. The van der Waals surface area contributed by atoms with Crippen LogP contribution in [0, 0.1) is 0 Å². The fraction of sp³-hybridized carbons (Fsp3) is 0.500. The lowest BCUT2D eigenvalue weighted by molar-refractivity contribution is 0.0697. The van der Waals surface area contributed by atoms with Crippen LogP contribution in [0.25, 0.3) is 11.0 Å². The van der Waals surface area contributed by atoms with Gasteiger partial charge in [0.25, 0.3) is 0 Å². The molecular formula is C16H20N2O2S. The Bertz CT molecular complexity index is 660. The van der Waals surface area contributed by atoms with Crippen LogP contribution in [-0.2, 0) is 13.0 Å². The van der Waals surface area contributed by atoms with E-state index in [4.69, 9.17) is 4.98 Å². The molecule has 1 unspecified atom stereocenters. The standard InChI is InChI=1S/C16H20N2O2S/c1-2-4-15-17-13-7-6-11(16(19)20)9-14(13)18(15)10-12-5-3-8-21-12/h6-7,9,12H,2-5,8,10H2,1H3,(H,19,20). The number of aryl methyl sites for hydroxylation is 1. The summed E-state index contributed by atoms with van der Waals surface area (Å²) in [7, 11) is 0. The Morgan fingerprint density at radius 2 is 2.38 bits per heavy atom. The van der Waals surface area contributed by atoms with Crippen LogP contribution < -0.4 is 0 Å². The summed E-state index contributed by atoms with van der Waals surface area (Å²) in [5.41, 5.74) is 2.21. The first-order valence-corrected chi connectivity index (χ1v) is 8.58. The molecule has 4 nitrogen and oxygen atoms in total. The Morgan fingerprint density at radius 3 is 3.05 bits per heavy atom. The van der Waals surface area contributed by atoms with Crippen LogP contribution in [-0.4, -0.2) is 31.6 Å². The average molecular weight is 304 g/mol. The third-order valence-corrected chi connectivity index (χ3v) is 5.34. The van der Waals surface area contributed by atoms with E-state index in [9.17, 15) is 9.90 Å². The third kappa shape index (κ3) is 2.93. The molecule has 1 fully saturated rings. The number of carboxylic acid groups (broad SMARTS) is 1. The molecule has 2 heterocycles. The van der Waals surface area contributed by atoms with Crippen molar-refractivity contribution in [3.05, 3.63) is 29.6 Å². The summed E-state index contributed by atoms with van der Waals surface area (Å²) >= 11 is 2.02. The van der Waals surface area contributed by atoms with Gasteiger partial charge in [-0.1, -0.05) is 6.92 Å². The quantitative estimate of drug-likeness (QED) is 0.917. The van der Waals surface area contributed by atoms with Crippen molar-refractivity contribution in [2.75, 3.05) is 5.75 Å². The van der Waals surface area contributed by atoms with E-state index in [0.29, 0.717) is 10.8 Å². The number of imidazole rings is 1. The van der Waals surface area contributed by atoms with Gasteiger partial charge in [-0.25, -0.2) is 9.78 Å². The lowest BCUT2D eigenvalue weighted by atomic mass is 10.2. The predicted octanol–water partition coefficient (Wildman–Crippen LogP) is 3.58. The second-order valence-corrected chi connectivity index (χ2v) is 6.94. The number of benzene rings is 1. The topological polar surface area (TPSA) is 55.1 Å². The molecule has 0 aliphatic carbocycles. The second kappa shape index (κ2) is 6.10. The fourth-order valence-electron chi connectivity index (χ4n) is 2.92. The summed E-state index contributed by atoms with van der Waals surface area (Å²) in [6, 6.07) is 5.24. The normalized spacial score (nSPS) is 18.4. The maximum atomic E-state index is 11.2. The minimum atomic E-state index is -0.878. The molecule has 1 aromatic carbocycles. The number of hydrogen-bond donors (Lipinski definition) is 1. The Hall–Kier alpha value is -1.49. The highest BCUT2D eigenvalue weighted by Gasteiger charge is 2.20. The van der Waals surface area contributed by atoms with E-state index in [-0.39, 0.29) is 0 Å². The molecule has 1 atom stereocenters. The molecule has 5 heteroatoms. The molecule has 0 bridgehead atoms. The number of thioether (sulfide) groups is 1. The molecule has 3 rings (SSSR count). The number of carbonyl (C=O) groups is 1. The van der Waals surface area contributed by atoms with E-state index in [1.54, 1.807) is 12.1 Å². The zero-order valence-corrected chi connectivity index (χ0v) is 13.0. The fourth-order valence-corrected chi connectivity index (χ4v) is 4.17. The van der Waals surface area contributed by atoms with Crippen LogP contribution in [0.15, 0.2) is 18.2 Å². The number of hydrogen-bond acceptors (Lipinski definition) is 3. The van der Waals surface area contributed by atoms with Gasteiger partial charge in [0.15, 0.2) is 0 Å². The van der Waals surface area contributed by atoms with Gasteiger partial charge >= 0.3 is 5.97 Å². The lowest BCUT2D eigenvalue weighted by Crippen LogP contribution is -2.13. The second-order valence-electron chi connectivity index (χ2n) is 5.53. The van der Waals surface area contributed by atoms with Crippen LogP contribution >= 0.6 is 11.8 Å². The summed E-state index contributed by atoms with van der Waals surface area (Å²) in [4.78, 5) is 15.9. The zero-order chi connectivity index (χ0) is 14.8. The van der Waals surface area contributed by atoms with Crippen LogP contribution in [0.5, 0.6) is 0 Å². The number of aromatic carboxylic acids is 1. The highest BCUT2D eigenvalue weighted by Crippen LogP contribution is 2.29. The first kappa shape index (κ1) is 14.4. The molecular weight excluding hydrogens is 284 g/mol. The molecule has 21 heavy (non-hydrogen) atoms. The molecule has 2 aromatic rings. The van der Waals surface area contributed by atoms with Gasteiger partial charge in [-0.05, 0) is 43.2 Å². The number of nitrogens with zero attached hydrogens (tertiary/aromatic N) is 2. The molecule has 1 aromatic heterocycles. The maximum absolute atomic E-state index is 11.2. The Balaban J connectivity index is 2.04. The minimum absolute atomic E-state index is 0.339. The van der Waals surface area contributed by atoms with Crippen molar-refractivity contribution in [1.82, 2.24) is 9.55 Å². The van der Waals surface area contributed by atoms with Crippen molar-refractivity contribution in [3.63, 3.8) is 0 Å². The van der Waals surface area contributed by atoms with Gasteiger partial charge in [0.2, 0.25) is 0 Å². The van der Waals surface area contributed by atoms with E-state index in [2.05, 4.69) is 11.5 Å². The summed E-state index contributed by atoms with van der Waals surface area (Å²) < 4.78 is 2.24. The van der Waals surface area contributed by atoms with Gasteiger partial charge in [0.05, 0.1) is 16.6 Å². The summed E-state index contributed by atoms with van der Waals surface area (Å²) in [5.74, 6) is 1.44. The predicted molar refractivity (Wildman–Crippen MR) is 86.2 cm³/mol. The van der Waals surface area contributed by atoms with E-state index in [0.717, 1.165) is 36.2 Å². The molecule has 1 aliphatic heterocycles. The smallest absolute Gasteiger partial charge is 0.335 e. The molecule has 1 saturated heterocycles. The summed E-state index contributed by atoms with van der Waals surface area (Å²) in [6.45, 7) is 3.09. The van der Waals surface area contributed by atoms with Crippen LogP contribution in [0.4, 0.5) is 0 Å². The van der Waals surface area contributed by atoms with Crippen molar-refractivity contribution in [1.29, 1.82) is 0 Å². The van der Waals surface area contributed by atoms with Crippen molar-refractivity contribution >= 4 is 28.8 Å². The van der Waals surface area contributed by atoms with Crippen molar-refractivity contribution in [3.8, 4) is 0 Å². The van der Waals surface area contributed by atoms with Crippen molar-refractivity contribution < 1.29 is 9.90 Å². The SMILES string of the molecule is CCCc1nc2ccc(C(=O)O)cc2n1CC1CCCS1. The van der Waals surface area contributed by atoms with Gasteiger partial charge in [-0.15, -0.1) is 0 Å². The minimum Gasteiger partial charge on any atom is -0.478 e. The number of rotatable bonds is 5. The first-order chi connectivity index (χ1) is 10.2. The first-order valence-electron chi connectivity index (χ1n) is 7.53. The zero-order valence-electron chi connectivity index (χ0n) is 12.2. The van der Waals surface area contributed by atoms with Crippen molar-refractivity contribution in [2.45, 2.75) is 44.4 Å². The number of fused-ring (bicyclic) bond motifs is 1. The molecule has 0 amide bonds. The number of carboxylic acids is 1. The van der Waals surface area contributed by atoms with E-state index < -0.39 is 5.97 Å². The monoisotopic (exact) mass is 304 g/mol. The van der Waals surface area contributed by atoms with Crippen LogP contribution in [0.2, 0.25) is 0 Å². The summed E-state index contributed by atoms with van der Waals surface area (Å²) in [6.07, 6.45) is 4.52. The van der Waals surface area contributed by atoms with Gasteiger partial charge in [0.1, 0.15) is 5.82 Å². The van der Waals surface area contributed by atoms with Gasteiger partial charge < -0.3 is 9.67 Å². The van der Waals surface area contributed by atoms with E-state index in [1.807, 2.05) is 17.8 Å². The molecule has 0 radical (unpaired) electrons. The molecule has 0 saturated carbocycles. The Kier molecular flexibility index (Phi) is 4.19. The maximum Gasteiger partial charge on any atom is 0.335 e. The molecule has 1 aliphatic rings. The average Bonchev–Trinajstić information content (AvgIpc) is 3.08. The third-order valence-electron chi connectivity index (χ3n) is 3.96. The molecule has 0 spiro atoms. The van der Waals surface area contributed by atoms with Crippen molar-refractivity contribution in [2.24, 2.45) is 0 Å². The highest BCUT2D eigenvalue weighted by atomic mass is 32.2. The summed E-state index contributed by atoms with van der Waals surface area (Å²) in [5, 5.41) is 9.83. The molecule has 112 valence electrons. The molecule has 1 N–H and O–H groups in total. The van der Waals surface area contributed by atoms with Gasteiger partial charge in [0, 0.05) is 18.2 Å². The van der Waals surface area contributed by atoms with E-state index >= 15 is 0 Å². The lowest BCUT2D eigenvalue weighted by Gasteiger charge is -2.13. The largest absolute Gasteiger partial charge is 0.478 e.